The Kier molecular flexibility index (Phi) is 5.66. The van der Waals surface area contributed by atoms with Gasteiger partial charge in [0, 0.05) is 40.7 Å². The van der Waals surface area contributed by atoms with Crippen molar-refractivity contribution in [1.29, 1.82) is 0 Å². The van der Waals surface area contributed by atoms with Crippen molar-refractivity contribution in [2.75, 3.05) is 20.1 Å². The van der Waals surface area contributed by atoms with E-state index in [-0.39, 0.29) is 6.04 Å². The van der Waals surface area contributed by atoms with Crippen LogP contribution in [0.1, 0.15) is 37.4 Å². The Morgan fingerprint density at radius 2 is 2.17 bits per heavy atom. The second kappa shape index (κ2) is 7.33. The highest BCUT2D eigenvalue weighted by Gasteiger charge is 2.35. The lowest BCUT2D eigenvalue weighted by Crippen LogP contribution is -2.49. The van der Waals surface area contributed by atoms with Crippen molar-refractivity contribution in [3.8, 4) is 0 Å². The van der Waals surface area contributed by atoms with Crippen LogP contribution in [-0.2, 0) is 0 Å². The van der Waals surface area contributed by atoms with E-state index in [0.717, 1.165) is 34.7 Å². The van der Waals surface area contributed by atoms with Crippen LogP contribution in [0.3, 0.4) is 0 Å². The number of hydrogen-bond acceptors (Lipinski definition) is 2. The standard InChI is InChI=1S/C19H27ClN3/c1-14-12-17(20)6-7-18(14)19-15(2)13-22-9-5-10-23(19,4)11-8-16(3)21/h6-9,12-13,19H,5,10-11,21H2,1-4H3/q+1/b15-13+,16-8+,22-9?. The third-order valence-corrected chi connectivity index (χ3v) is 4.80. The summed E-state index contributed by atoms with van der Waals surface area (Å²) < 4.78 is 0.880. The normalized spacial score (nSPS) is 28.0. The number of halogens is 1. The van der Waals surface area contributed by atoms with Crippen LogP contribution in [0.2, 0.25) is 5.02 Å². The molecule has 2 rings (SSSR count). The lowest BCUT2D eigenvalue weighted by molar-refractivity contribution is -0.928. The molecule has 1 heterocycles. The summed E-state index contributed by atoms with van der Waals surface area (Å²) in [6.45, 7) is 8.16. The molecular formula is C19H27ClN3+. The molecule has 3 nitrogen and oxygen atoms in total. The van der Waals surface area contributed by atoms with Crippen molar-refractivity contribution in [3.05, 3.63) is 57.9 Å². The summed E-state index contributed by atoms with van der Waals surface area (Å²) in [5.41, 5.74) is 10.6. The summed E-state index contributed by atoms with van der Waals surface area (Å²) in [5.74, 6) is 0. The molecule has 0 aromatic heterocycles. The zero-order chi connectivity index (χ0) is 17.0. The molecule has 0 spiro atoms. The highest BCUT2D eigenvalue weighted by molar-refractivity contribution is 6.30. The van der Waals surface area contributed by atoms with Crippen molar-refractivity contribution in [1.82, 2.24) is 0 Å². The topological polar surface area (TPSA) is 38.4 Å². The summed E-state index contributed by atoms with van der Waals surface area (Å²) in [6, 6.07) is 6.43. The maximum Gasteiger partial charge on any atom is 0.138 e. The number of hydrogen-bond donors (Lipinski definition) is 1. The Bertz CT molecular complexity index is 657. The second-order valence-electron chi connectivity index (χ2n) is 6.73. The number of nitrogens with two attached hydrogens (primary N) is 1. The molecule has 23 heavy (non-hydrogen) atoms. The van der Waals surface area contributed by atoms with Gasteiger partial charge >= 0.3 is 0 Å². The fourth-order valence-corrected chi connectivity index (χ4v) is 3.59. The lowest BCUT2D eigenvalue weighted by Gasteiger charge is -2.42. The Morgan fingerprint density at radius 1 is 1.43 bits per heavy atom. The largest absolute Gasteiger partial charge is 0.402 e. The number of nitrogens with zero attached hydrogens (tertiary/aromatic N) is 2. The highest BCUT2D eigenvalue weighted by Crippen LogP contribution is 2.37. The van der Waals surface area contributed by atoms with Crippen LogP contribution >= 0.6 is 11.6 Å². The first-order chi connectivity index (χ1) is 10.8. The van der Waals surface area contributed by atoms with Gasteiger partial charge in [-0.3, -0.25) is 4.99 Å². The fourth-order valence-electron chi connectivity index (χ4n) is 3.36. The fraction of sp³-hybridized carbons (Fsp3) is 0.421. The number of rotatable bonds is 3. The molecule has 0 saturated carbocycles. The Balaban J connectivity index is 2.55. The van der Waals surface area contributed by atoms with Crippen molar-refractivity contribution in [3.63, 3.8) is 0 Å². The minimum atomic E-state index is 0.250. The van der Waals surface area contributed by atoms with Crippen LogP contribution in [0.15, 0.2) is 46.7 Å². The van der Waals surface area contributed by atoms with E-state index in [9.17, 15) is 0 Å². The van der Waals surface area contributed by atoms with Gasteiger partial charge in [-0.2, -0.15) is 0 Å². The SMILES string of the molecule is C/C(N)=C\C[N+]1(C)CCC=N/C=C(\C)C1c1ccc(Cl)cc1C. The zero-order valence-electron chi connectivity index (χ0n) is 14.5. The third kappa shape index (κ3) is 4.24. The quantitative estimate of drug-likeness (QED) is 0.820. The van der Waals surface area contributed by atoms with E-state index in [1.807, 2.05) is 31.5 Å². The van der Waals surface area contributed by atoms with Crippen LogP contribution in [0, 0.1) is 6.92 Å². The molecule has 1 aliphatic rings. The number of allylic oxidation sites excluding steroid dienone is 1. The van der Waals surface area contributed by atoms with Gasteiger partial charge in [0.2, 0.25) is 0 Å². The summed E-state index contributed by atoms with van der Waals surface area (Å²) in [6.07, 6.45) is 7.09. The van der Waals surface area contributed by atoms with E-state index in [1.54, 1.807) is 0 Å². The van der Waals surface area contributed by atoms with E-state index in [2.05, 4.69) is 38.0 Å². The molecule has 0 bridgehead atoms. The Labute approximate surface area is 144 Å². The number of likely N-dealkylation sites (N-methyl/N-ethyl adjacent to an activating group) is 1. The minimum Gasteiger partial charge on any atom is -0.402 e. The monoisotopic (exact) mass is 332 g/mol. The van der Waals surface area contributed by atoms with E-state index < -0.39 is 0 Å². The van der Waals surface area contributed by atoms with Crippen molar-refractivity contribution < 1.29 is 4.48 Å². The first kappa shape index (κ1) is 17.8. The molecule has 2 N–H and O–H groups in total. The minimum absolute atomic E-state index is 0.250. The first-order valence-corrected chi connectivity index (χ1v) is 8.42. The van der Waals surface area contributed by atoms with Gasteiger partial charge in [0.15, 0.2) is 0 Å². The predicted octanol–water partition coefficient (Wildman–Crippen LogP) is 4.38. The molecule has 0 fully saturated rings. The summed E-state index contributed by atoms with van der Waals surface area (Å²) >= 11 is 6.16. The Morgan fingerprint density at radius 3 is 2.83 bits per heavy atom. The predicted molar refractivity (Wildman–Crippen MR) is 99.7 cm³/mol. The number of aliphatic imine (C=N–C) groups is 1. The van der Waals surface area contributed by atoms with E-state index >= 15 is 0 Å². The van der Waals surface area contributed by atoms with Crippen LogP contribution < -0.4 is 5.73 Å². The molecule has 124 valence electrons. The van der Waals surface area contributed by atoms with Gasteiger partial charge < -0.3 is 10.2 Å². The van der Waals surface area contributed by atoms with Crippen molar-refractivity contribution in [2.45, 2.75) is 33.2 Å². The number of aryl methyl sites for hydroxylation is 1. The van der Waals surface area contributed by atoms with Gasteiger partial charge in [0.1, 0.15) is 6.04 Å². The van der Waals surface area contributed by atoms with Gasteiger partial charge in [-0.1, -0.05) is 17.7 Å². The highest BCUT2D eigenvalue weighted by atomic mass is 35.5. The van der Waals surface area contributed by atoms with E-state index in [0.29, 0.717) is 0 Å². The molecule has 1 aliphatic heterocycles. The van der Waals surface area contributed by atoms with Crippen LogP contribution in [0.25, 0.3) is 0 Å². The summed E-state index contributed by atoms with van der Waals surface area (Å²) in [7, 11) is 2.30. The van der Waals surface area contributed by atoms with Crippen molar-refractivity contribution in [2.24, 2.45) is 10.7 Å². The van der Waals surface area contributed by atoms with Crippen LogP contribution in [0.5, 0.6) is 0 Å². The van der Waals surface area contributed by atoms with Gasteiger partial charge in [0.25, 0.3) is 0 Å². The molecule has 2 unspecified atom stereocenters. The maximum atomic E-state index is 6.16. The molecule has 2 atom stereocenters. The maximum absolute atomic E-state index is 6.16. The number of quaternary nitrogens is 1. The summed E-state index contributed by atoms with van der Waals surface area (Å²) in [5, 5.41) is 0.781. The molecule has 0 aliphatic carbocycles. The first-order valence-electron chi connectivity index (χ1n) is 8.04. The lowest BCUT2D eigenvalue weighted by atomic mass is 9.92. The smallest absolute Gasteiger partial charge is 0.138 e. The third-order valence-electron chi connectivity index (χ3n) is 4.56. The van der Waals surface area contributed by atoms with Gasteiger partial charge in [0.05, 0.1) is 20.1 Å². The molecule has 1 aromatic carbocycles. The second-order valence-corrected chi connectivity index (χ2v) is 7.17. The molecule has 0 radical (unpaired) electrons. The molecular weight excluding hydrogens is 306 g/mol. The van der Waals surface area contributed by atoms with Gasteiger partial charge in [-0.05, 0) is 44.5 Å². The van der Waals surface area contributed by atoms with E-state index in [1.165, 1.54) is 16.7 Å². The van der Waals surface area contributed by atoms with Crippen LogP contribution in [0.4, 0.5) is 0 Å². The van der Waals surface area contributed by atoms with Crippen molar-refractivity contribution >= 4 is 17.8 Å². The molecule has 4 heteroatoms. The van der Waals surface area contributed by atoms with E-state index in [4.69, 9.17) is 17.3 Å². The van der Waals surface area contributed by atoms with Gasteiger partial charge in [-0.15, -0.1) is 0 Å². The molecule has 0 amide bonds. The average Bonchev–Trinajstić information content (AvgIpc) is 2.46. The average molecular weight is 333 g/mol. The number of benzene rings is 1. The summed E-state index contributed by atoms with van der Waals surface area (Å²) in [4.78, 5) is 4.43. The molecule has 1 aromatic rings. The zero-order valence-corrected chi connectivity index (χ0v) is 15.3. The van der Waals surface area contributed by atoms with Crippen LogP contribution in [-0.4, -0.2) is 30.8 Å². The Hall–Kier alpha value is -1.58. The van der Waals surface area contributed by atoms with Gasteiger partial charge in [-0.25, -0.2) is 0 Å². The molecule has 0 saturated heterocycles.